The van der Waals surface area contributed by atoms with E-state index in [0.717, 1.165) is 19.3 Å². The lowest BCUT2D eigenvalue weighted by molar-refractivity contribution is -0.144. The van der Waals surface area contributed by atoms with Crippen molar-refractivity contribution in [3.63, 3.8) is 0 Å². The summed E-state index contributed by atoms with van der Waals surface area (Å²) in [6.45, 7) is 2.74. The number of hydrogen-bond acceptors (Lipinski definition) is 3. The highest BCUT2D eigenvalue weighted by Gasteiger charge is 2.44. The monoisotopic (exact) mass is 225 g/mol. The maximum absolute atomic E-state index is 11.9. The molecule has 4 heteroatoms. The van der Waals surface area contributed by atoms with E-state index in [2.05, 4.69) is 0 Å². The molecule has 0 aromatic rings. The van der Waals surface area contributed by atoms with Gasteiger partial charge in [0, 0.05) is 26.0 Å². The van der Waals surface area contributed by atoms with Gasteiger partial charge in [-0.2, -0.15) is 0 Å². The first-order valence-electron chi connectivity index (χ1n) is 6.01. The molecule has 2 aliphatic rings. The molecule has 2 amide bonds. The molecule has 0 aromatic heterocycles. The maximum atomic E-state index is 11.9. The Balaban J connectivity index is 1.90. The van der Waals surface area contributed by atoms with E-state index in [1.165, 1.54) is 4.90 Å². The Kier molecular flexibility index (Phi) is 3.02. The van der Waals surface area contributed by atoms with Crippen molar-refractivity contribution in [3.8, 4) is 0 Å². The summed E-state index contributed by atoms with van der Waals surface area (Å²) in [6, 6.07) is 0. The van der Waals surface area contributed by atoms with Gasteiger partial charge in [-0.05, 0) is 30.6 Å². The average molecular weight is 225 g/mol. The van der Waals surface area contributed by atoms with E-state index in [1.807, 2.05) is 6.92 Å². The van der Waals surface area contributed by atoms with Crippen LogP contribution in [0.1, 0.15) is 39.0 Å². The average Bonchev–Trinajstić information content (AvgIpc) is 2.69. The summed E-state index contributed by atoms with van der Waals surface area (Å²) in [7, 11) is 0. The minimum Gasteiger partial charge on any atom is -0.396 e. The van der Waals surface area contributed by atoms with E-state index in [4.69, 9.17) is 0 Å². The van der Waals surface area contributed by atoms with Crippen molar-refractivity contribution >= 4 is 11.8 Å². The molecule has 1 aliphatic heterocycles. The van der Waals surface area contributed by atoms with Crippen molar-refractivity contribution in [1.82, 2.24) is 4.90 Å². The number of likely N-dealkylation sites (tertiary alicyclic amines) is 1. The third-order valence-electron chi connectivity index (χ3n) is 4.21. The second-order valence-corrected chi connectivity index (χ2v) is 5.29. The molecule has 2 atom stereocenters. The Labute approximate surface area is 95.6 Å². The number of aliphatic hydroxyl groups is 1. The minimum atomic E-state index is -0.0988. The van der Waals surface area contributed by atoms with E-state index in [9.17, 15) is 14.7 Å². The molecule has 4 nitrogen and oxygen atoms in total. The number of carbonyl (C=O) groups excluding carboxylic acids is 2. The maximum Gasteiger partial charge on any atom is 0.229 e. The second kappa shape index (κ2) is 4.17. The molecule has 0 radical (unpaired) electrons. The fraction of sp³-hybridized carbons (Fsp3) is 0.833. The highest BCUT2D eigenvalue weighted by Crippen LogP contribution is 2.48. The van der Waals surface area contributed by atoms with Crippen LogP contribution >= 0.6 is 0 Å². The van der Waals surface area contributed by atoms with Gasteiger partial charge in [0.1, 0.15) is 0 Å². The quantitative estimate of drug-likeness (QED) is 0.777. The second-order valence-electron chi connectivity index (χ2n) is 5.29. The SMILES string of the molecule is C[C@@]1(CO)CC[C@H]1CC(=O)N1CCCC1=O. The fourth-order valence-corrected chi connectivity index (χ4v) is 2.63. The Hall–Kier alpha value is -0.900. The first-order valence-corrected chi connectivity index (χ1v) is 6.01. The van der Waals surface area contributed by atoms with Crippen molar-refractivity contribution in [2.45, 2.75) is 39.0 Å². The van der Waals surface area contributed by atoms with Crippen LogP contribution in [0.4, 0.5) is 0 Å². The lowest BCUT2D eigenvalue weighted by Crippen LogP contribution is -2.44. The molecule has 1 saturated heterocycles. The number of imide groups is 1. The van der Waals surface area contributed by atoms with Gasteiger partial charge in [-0.25, -0.2) is 0 Å². The molecule has 16 heavy (non-hydrogen) atoms. The van der Waals surface area contributed by atoms with Gasteiger partial charge < -0.3 is 5.11 Å². The van der Waals surface area contributed by atoms with E-state index >= 15 is 0 Å². The van der Waals surface area contributed by atoms with Crippen LogP contribution in [-0.4, -0.2) is 35.0 Å². The van der Waals surface area contributed by atoms with Crippen LogP contribution in [-0.2, 0) is 9.59 Å². The van der Waals surface area contributed by atoms with Gasteiger partial charge in [0.2, 0.25) is 11.8 Å². The molecule has 1 heterocycles. The van der Waals surface area contributed by atoms with Crippen molar-refractivity contribution in [2.75, 3.05) is 13.2 Å². The number of amides is 2. The Morgan fingerprint density at radius 1 is 1.62 bits per heavy atom. The Morgan fingerprint density at radius 3 is 2.81 bits per heavy atom. The summed E-state index contributed by atoms with van der Waals surface area (Å²) >= 11 is 0. The summed E-state index contributed by atoms with van der Waals surface area (Å²) in [5.74, 6) is 0.167. The Bertz CT molecular complexity index is 311. The molecule has 0 spiro atoms. The van der Waals surface area contributed by atoms with Crippen LogP contribution in [0.2, 0.25) is 0 Å². The standard InChI is InChI=1S/C12H19NO3/c1-12(8-14)5-4-9(12)7-11(16)13-6-2-3-10(13)15/h9,14H,2-8H2,1H3/t9-,12-/m0/s1. The number of aliphatic hydroxyl groups excluding tert-OH is 1. The zero-order valence-electron chi connectivity index (χ0n) is 9.74. The van der Waals surface area contributed by atoms with Gasteiger partial charge in [0.15, 0.2) is 0 Å². The minimum absolute atomic E-state index is 0.0324. The van der Waals surface area contributed by atoms with Crippen LogP contribution in [0.3, 0.4) is 0 Å². The molecule has 1 saturated carbocycles. The summed E-state index contributed by atoms with van der Waals surface area (Å²) in [5, 5.41) is 9.25. The Morgan fingerprint density at radius 2 is 2.38 bits per heavy atom. The fourth-order valence-electron chi connectivity index (χ4n) is 2.63. The third-order valence-corrected chi connectivity index (χ3v) is 4.21. The number of hydrogen-bond donors (Lipinski definition) is 1. The van der Waals surface area contributed by atoms with Crippen LogP contribution in [0.5, 0.6) is 0 Å². The molecular formula is C12H19NO3. The van der Waals surface area contributed by atoms with Crippen molar-refractivity contribution in [1.29, 1.82) is 0 Å². The molecule has 2 fully saturated rings. The van der Waals surface area contributed by atoms with Crippen molar-refractivity contribution < 1.29 is 14.7 Å². The smallest absolute Gasteiger partial charge is 0.229 e. The third kappa shape index (κ3) is 1.86. The van der Waals surface area contributed by atoms with Gasteiger partial charge in [-0.3, -0.25) is 14.5 Å². The van der Waals surface area contributed by atoms with Crippen molar-refractivity contribution in [3.05, 3.63) is 0 Å². The topological polar surface area (TPSA) is 57.6 Å². The predicted molar refractivity (Wildman–Crippen MR) is 58.5 cm³/mol. The molecule has 2 rings (SSSR count). The summed E-state index contributed by atoms with van der Waals surface area (Å²) < 4.78 is 0. The lowest BCUT2D eigenvalue weighted by Gasteiger charge is -2.46. The van der Waals surface area contributed by atoms with Gasteiger partial charge in [0.05, 0.1) is 0 Å². The summed E-state index contributed by atoms with van der Waals surface area (Å²) in [6.07, 6.45) is 3.70. The molecule has 1 aliphatic carbocycles. The molecule has 0 bridgehead atoms. The molecular weight excluding hydrogens is 206 g/mol. The molecule has 0 aromatic carbocycles. The number of nitrogens with zero attached hydrogens (tertiary/aromatic N) is 1. The largest absolute Gasteiger partial charge is 0.396 e. The van der Waals surface area contributed by atoms with Crippen LogP contribution in [0.25, 0.3) is 0 Å². The molecule has 0 unspecified atom stereocenters. The van der Waals surface area contributed by atoms with Crippen LogP contribution < -0.4 is 0 Å². The summed E-state index contributed by atoms with van der Waals surface area (Å²) in [4.78, 5) is 24.7. The lowest BCUT2D eigenvalue weighted by atomic mass is 9.60. The highest BCUT2D eigenvalue weighted by molar-refractivity contribution is 5.96. The van der Waals surface area contributed by atoms with Crippen LogP contribution in [0.15, 0.2) is 0 Å². The van der Waals surface area contributed by atoms with E-state index in [0.29, 0.717) is 19.4 Å². The van der Waals surface area contributed by atoms with Gasteiger partial charge in [0.25, 0.3) is 0 Å². The molecule has 90 valence electrons. The molecule has 1 N–H and O–H groups in total. The normalized spacial score (nSPS) is 34.0. The first kappa shape index (κ1) is 11.6. The van der Waals surface area contributed by atoms with Crippen LogP contribution in [0, 0.1) is 11.3 Å². The van der Waals surface area contributed by atoms with Gasteiger partial charge in [-0.15, -0.1) is 0 Å². The van der Waals surface area contributed by atoms with Crippen molar-refractivity contribution in [2.24, 2.45) is 11.3 Å². The number of carbonyl (C=O) groups is 2. The highest BCUT2D eigenvalue weighted by atomic mass is 16.3. The van der Waals surface area contributed by atoms with Gasteiger partial charge in [-0.1, -0.05) is 6.92 Å². The van der Waals surface area contributed by atoms with E-state index in [1.54, 1.807) is 0 Å². The van der Waals surface area contributed by atoms with E-state index < -0.39 is 0 Å². The first-order chi connectivity index (χ1) is 7.57. The van der Waals surface area contributed by atoms with Gasteiger partial charge >= 0.3 is 0 Å². The predicted octanol–water partition coefficient (Wildman–Crippen LogP) is 0.934. The number of rotatable bonds is 3. The zero-order chi connectivity index (χ0) is 11.8. The van der Waals surface area contributed by atoms with E-state index in [-0.39, 0.29) is 29.8 Å². The summed E-state index contributed by atoms with van der Waals surface area (Å²) in [5.41, 5.74) is -0.0988. The zero-order valence-corrected chi connectivity index (χ0v) is 9.74.